The minimum Gasteiger partial charge on any atom is -0.397 e. The monoisotopic (exact) mass is 448 g/mol. The van der Waals surface area contributed by atoms with Crippen LogP contribution in [0.4, 0.5) is 0 Å². The molecule has 1 fully saturated rings. The number of carbonyl (C=O) groups excluding carboxylic acids is 2. The van der Waals surface area contributed by atoms with Crippen molar-refractivity contribution >= 4 is 23.6 Å². The molecule has 176 valence electrons. The molecule has 0 bridgehead atoms. The fourth-order valence-electron chi connectivity index (χ4n) is 4.37. The molecule has 1 aromatic carbocycles. The van der Waals surface area contributed by atoms with Gasteiger partial charge in [0.15, 0.2) is 5.78 Å². The molecule has 6 nitrogen and oxygen atoms in total. The van der Waals surface area contributed by atoms with E-state index in [0.29, 0.717) is 30.1 Å². The Kier molecular flexibility index (Phi) is 7.90. The molecule has 1 atom stereocenters. The minimum absolute atomic E-state index is 0.0237. The molecule has 6 heteroatoms. The molecule has 0 saturated heterocycles. The van der Waals surface area contributed by atoms with E-state index in [9.17, 15) is 9.59 Å². The molecule has 1 unspecified atom stereocenters. The lowest BCUT2D eigenvalue weighted by atomic mass is 10.0. The molecule has 1 amide bonds. The van der Waals surface area contributed by atoms with Crippen molar-refractivity contribution in [1.29, 1.82) is 0 Å². The lowest BCUT2D eigenvalue weighted by Gasteiger charge is -2.27. The van der Waals surface area contributed by atoms with Crippen molar-refractivity contribution in [3.05, 3.63) is 54.0 Å². The highest BCUT2D eigenvalue weighted by Crippen LogP contribution is 2.44. The number of hydrogen-bond acceptors (Lipinski definition) is 4. The van der Waals surface area contributed by atoms with E-state index in [-0.39, 0.29) is 17.6 Å². The molecule has 33 heavy (non-hydrogen) atoms. The zero-order chi connectivity index (χ0) is 24.1. The van der Waals surface area contributed by atoms with Crippen LogP contribution in [0.5, 0.6) is 0 Å². The van der Waals surface area contributed by atoms with Gasteiger partial charge in [-0.15, -0.1) is 0 Å². The number of carbonyl (C=O) groups is 2. The van der Waals surface area contributed by atoms with Crippen molar-refractivity contribution < 1.29 is 9.59 Å². The van der Waals surface area contributed by atoms with E-state index in [2.05, 4.69) is 13.5 Å². The predicted octanol–water partition coefficient (Wildman–Crippen LogP) is 5.31. The highest BCUT2D eigenvalue weighted by Gasteiger charge is 2.38. The van der Waals surface area contributed by atoms with Gasteiger partial charge in [0.1, 0.15) is 5.82 Å². The smallest absolute Gasteiger partial charge is 0.222 e. The third-order valence-corrected chi connectivity index (χ3v) is 6.19. The first-order valence-electron chi connectivity index (χ1n) is 11.9. The first-order chi connectivity index (χ1) is 15.8. The van der Waals surface area contributed by atoms with Gasteiger partial charge in [0, 0.05) is 42.8 Å². The number of aromatic nitrogens is 2. The van der Waals surface area contributed by atoms with Crippen LogP contribution in [-0.2, 0) is 4.79 Å². The van der Waals surface area contributed by atoms with E-state index in [0.717, 1.165) is 48.6 Å². The van der Waals surface area contributed by atoms with Crippen LogP contribution in [0, 0.1) is 5.92 Å². The average Bonchev–Trinajstić information content (AvgIpc) is 3.57. The van der Waals surface area contributed by atoms with Crippen LogP contribution in [0.2, 0.25) is 0 Å². The van der Waals surface area contributed by atoms with E-state index in [1.54, 1.807) is 6.92 Å². The average molecular weight is 449 g/mol. The highest BCUT2D eigenvalue weighted by atomic mass is 16.2. The van der Waals surface area contributed by atoms with Gasteiger partial charge in [0.05, 0.1) is 17.1 Å². The number of imidazole rings is 1. The Balaban J connectivity index is 2.13. The molecule has 2 N–H and O–H groups in total. The van der Waals surface area contributed by atoms with Crippen LogP contribution in [0.15, 0.2) is 36.9 Å². The molecule has 0 spiro atoms. The lowest BCUT2D eigenvalue weighted by Crippen LogP contribution is -2.36. The summed E-state index contributed by atoms with van der Waals surface area (Å²) in [6, 6.07) is 7.45. The number of Topliss-reactive ketones (excluding diaryl/α,β-unsaturated/α-hetero) is 1. The number of benzene rings is 1. The van der Waals surface area contributed by atoms with Gasteiger partial charge in [-0.2, -0.15) is 0 Å². The quantitative estimate of drug-likeness (QED) is 0.472. The molecule has 1 aliphatic rings. The number of nitrogens with two attached hydrogens (primary N) is 1. The Morgan fingerprint density at radius 2 is 1.94 bits per heavy atom. The van der Waals surface area contributed by atoms with Gasteiger partial charge in [0.25, 0.3) is 0 Å². The highest BCUT2D eigenvalue weighted by molar-refractivity contribution is 5.94. The number of amides is 1. The van der Waals surface area contributed by atoms with Gasteiger partial charge in [-0.25, -0.2) is 4.98 Å². The Morgan fingerprint density at radius 1 is 1.27 bits per heavy atom. The van der Waals surface area contributed by atoms with Gasteiger partial charge in [-0.3, -0.25) is 9.59 Å². The van der Waals surface area contributed by atoms with Gasteiger partial charge in [-0.1, -0.05) is 50.8 Å². The van der Waals surface area contributed by atoms with Crippen molar-refractivity contribution in [2.24, 2.45) is 11.7 Å². The van der Waals surface area contributed by atoms with Crippen molar-refractivity contribution in [3.63, 3.8) is 0 Å². The van der Waals surface area contributed by atoms with Crippen molar-refractivity contribution in [2.45, 2.75) is 59.3 Å². The Hall–Kier alpha value is -3.15. The molecule has 3 rings (SSSR count). The summed E-state index contributed by atoms with van der Waals surface area (Å²) in [4.78, 5) is 31.4. The first-order valence-corrected chi connectivity index (χ1v) is 11.9. The molecule has 1 aliphatic carbocycles. The maximum atomic E-state index is 12.6. The van der Waals surface area contributed by atoms with Crippen LogP contribution in [-0.4, -0.2) is 39.2 Å². The van der Waals surface area contributed by atoms with Gasteiger partial charge in [-0.05, 0) is 39.0 Å². The fourth-order valence-corrected chi connectivity index (χ4v) is 4.37. The Morgan fingerprint density at radius 3 is 2.42 bits per heavy atom. The molecule has 0 radical (unpaired) electrons. The van der Waals surface area contributed by atoms with E-state index in [1.807, 2.05) is 59.9 Å². The maximum absolute atomic E-state index is 12.6. The van der Waals surface area contributed by atoms with Gasteiger partial charge < -0.3 is 15.2 Å². The van der Waals surface area contributed by atoms with E-state index >= 15 is 0 Å². The second kappa shape index (κ2) is 10.6. The van der Waals surface area contributed by atoms with Gasteiger partial charge in [0.2, 0.25) is 5.91 Å². The molecule has 1 aromatic heterocycles. The summed E-state index contributed by atoms with van der Waals surface area (Å²) >= 11 is 0. The molecule has 1 saturated carbocycles. The number of ketones is 1. The summed E-state index contributed by atoms with van der Waals surface area (Å²) in [5.41, 5.74) is 9.76. The van der Waals surface area contributed by atoms with E-state index in [4.69, 9.17) is 10.7 Å². The summed E-state index contributed by atoms with van der Waals surface area (Å²) in [6.45, 7) is 13.0. The van der Waals surface area contributed by atoms with E-state index in [1.165, 1.54) is 0 Å². The van der Waals surface area contributed by atoms with Crippen LogP contribution >= 0.6 is 0 Å². The topological polar surface area (TPSA) is 81.2 Å². The summed E-state index contributed by atoms with van der Waals surface area (Å²) in [5.74, 6) is 1.72. The summed E-state index contributed by atoms with van der Waals surface area (Å²) in [5, 5.41) is 0. The zero-order valence-corrected chi connectivity index (χ0v) is 20.3. The largest absolute Gasteiger partial charge is 0.397 e. The second-order valence-corrected chi connectivity index (χ2v) is 8.82. The zero-order valence-electron chi connectivity index (χ0n) is 20.3. The third kappa shape index (κ3) is 5.44. The molecule has 0 aliphatic heterocycles. The van der Waals surface area contributed by atoms with Crippen LogP contribution in [0.3, 0.4) is 0 Å². The molecular formula is C27H36N4O2. The molecule has 1 heterocycles. The number of nitrogens with zero attached hydrogens (tertiary/aromatic N) is 3. The minimum atomic E-state index is 0.0237. The van der Waals surface area contributed by atoms with E-state index < -0.39 is 0 Å². The standard InChI is InChI=1S/C27H36N4O2/c1-6-15-30(24(33)8-3)17-23(21-11-12-21)27-29-25(26(18(4)28)31(27)16-7-2)22-13-9-20(10-14-22)19(5)32/h7,9-10,13-14,16,21,23H,4,6,8,11-12,15,17,28H2,1-3,5H3/b16-7-. The number of allylic oxidation sites excluding steroid dienone is 1. The van der Waals surface area contributed by atoms with Crippen molar-refractivity contribution in [3.8, 4) is 11.3 Å². The summed E-state index contributed by atoms with van der Waals surface area (Å²) in [7, 11) is 0. The first kappa shape index (κ1) is 24.5. The Bertz CT molecular complexity index is 1040. The fraction of sp³-hybridized carbons (Fsp3) is 0.444. The maximum Gasteiger partial charge on any atom is 0.222 e. The molecule has 2 aromatic rings. The SMILES string of the molecule is C=C(N)c1c(-c2ccc(C(C)=O)cc2)nc(C(CN(CCC)C(=O)CC)C2CC2)n1/C=C\C. The third-order valence-electron chi connectivity index (χ3n) is 6.19. The van der Waals surface area contributed by atoms with Gasteiger partial charge >= 0.3 is 0 Å². The van der Waals surface area contributed by atoms with Crippen LogP contribution in [0.25, 0.3) is 23.2 Å². The lowest BCUT2D eigenvalue weighted by molar-refractivity contribution is -0.131. The second-order valence-electron chi connectivity index (χ2n) is 8.82. The van der Waals surface area contributed by atoms with Crippen molar-refractivity contribution in [1.82, 2.24) is 14.5 Å². The summed E-state index contributed by atoms with van der Waals surface area (Å²) < 4.78 is 2.04. The van der Waals surface area contributed by atoms with Crippen LogP contribution < -0.4 is 5.73 Å². The Labute approximate surface area is 197 Å². The number of hydrogen-bond donors (Lipinski definition) is 1. The summed E-state index contributed by atoms with van der Waals surface area (Å²) in [6.07, 6.45) is 7.63. The predicted molar refractivity (Wildman–Crippen MR) is 135 cm³/mol. The molecular weight excluding hydrogens is 412 g/mol. The van der Waals surface area contributed by atoms with Crippen molar-refractivity contribution in [2.75, 3.05) is 13.1 Å². The normalized spacial score (nSPS) is 14.4. The van der Waals surface area contributed by atoms with Crippen LogP contribution in [0.1, 0.15) is 81.2 Å². The number of rotatable bonds is 11.